The van der Waals surface area contributed by atoms with Crippen molar-refractivity contribution < 1.29 is 21.7 Å². The van der Waals surface area contributed by atoms with Crippen molar-refractivity contribution in [3.8, 4) is 0 Å². The van der Waals surface area contributed by atoms with E-state index >= 15 is 0 Å². The van der Waals surface area contributed by atoms with Crippen molar-refractivity contribution in [2.45, 2.75) is 30.2 Å². The van der Waals surface area contributed by atoms with Crippen LogP contribution in [0.3, 0.4) is 0 Å². The van der Waals surface area contributed by atoms with Crippen LogP contribution in [0.15, 0.2) is 55.0 Å². The first-order valence-corrected chi connectivity index (χ1v) is 11.1. The second-order valence-corrected chi connectivity index (χ2v) is 9.23. The molecule has 12 heteroatoms. The highest BCUT2D eigenvalue weighted by atomic mass is 35.5. The van der Waals surface area contributed by atoms with Gasteiger partial charge in [0, 0.05) is 12.0 Å². The van der Waals surface area contributed by atoms with Gasteiger partial charge in [-0.3, -0.25) is 9.29 Å². The van der Waals surface area contributed by atoms with Gasteiger partial charge in [0.1, 0.15) is 5.82 Å². The van der Waals surface area contributed by atoms with Crippen LogP contribution in [0.5, 0.6) is 0 Å². The minimum absolute atomic E-state index is 0.0283. The highest BCUT2D eigenvalue weighted by Crippen LogP contribution is 2.38. The first kappa shape index (κ1) is 19.8. The molecule has 4 aromatic rings. The fraction of sp³-hybridized carbons (Fsp3) is 0.211. The molecule has 0 spiro atoms. The Balaban J connectivity index is 1.44. The molecule has 0 amide bonds. The van der Waals surface area contributed by atoms with Crippen molar-refractivity contribution in [2.75, 3.05) is 4.72 Å². The molecule has 0 aliphatic heterocycles. The molecule has 1 aliphatic rings. The molecule has 1 saturated carbocycles. The van der Waals surface area contributed by atoms with Gasteiger partial charge in [-0.25, -0.2) is 17.6 Å². The largest absolute Gasteiger partial charge is 0.420 e. The highest BCUT2D eigenvalue weighted by molar-refractivity contribution is 7.92. The van der Waals surface area contributed by atoms with Gasteiger partial charge in [0.2, 0.25) is 5.89 Å². The molecule has 2 aromatic carbocycles. The zero-order chi connectivity index (χ0) is 21.8. The van der Waals surface area contributed by atoms with E-state index in [1.807, 2.05) is 0 Å². The quantitative estimate of drug-likeness (QED) is 0.463. The van der Waals surface area contributed by atoms with E-state index in [1.54, 1.807) is 0 Å². The average molecular weight is 465 g/mol. The van der Waals surface area contributed by atoms with Crippen molar-refractivity contribution in [1.29, 1.82) is 0 Å². The number of anilines is 1. The Morgan fingerprint density at radius 3 is 2.77 bits per heavy atom. The van der Waals surface area contributed by atoms with Crippen LogP contribution in [0, 0.1) is 5.82 Å². The Kier molecular flexibility index (Phi) is 4.59. The number of nitrogens with zero attached hydrogens (tertiary/aromatic N) is 3. The number of rotatable bonds is 6. The lowest BCUT2D eigenvalue weighted by Crippen LogP contribution is -2.15. The van der Waals surface area contributed by atoms with E-state index in [-0.39, 0.29) is 33.7 Å². The summed E-state index contributed by atoms with van der Waals surface area (Å²) in [5.41, 5.74) is 0.552. The lowest BCUT2D eigenvalue weighted by molar-refractivity contribution is 0.372. The fourth-order valence-electron chi connectivity index (χ4n) is 3.11. The van der Waals surface area contributed by atoms with Gasteiger partial charge in [0.05, 0.1) is 27.7 Å². The maximum Gasteiger partial charge on any atom is 0.420 e. The number of oxazole rings is 1. The molecule has 0 unspecified atom stereocenters. The molecule has 160 valence electrons. The minimum Gasteiger partial charge on any atom is -0.408 e. The van der Waals surface area contributed by atoms with Crippen molar-refractivity contribution >= 4 is 38.4 Å². The second kappa shape index (κ2) is 7.20. The van der Waals surface area contributed by atoms with Gasteiger partial charge in [-0.2, -0.15) is 4.98 Å². The standard InChI is InChI=1S/C19H14ClFN4O5S/c20-13-7-11(3-5-14(13)21)24-31(27,28)12-4-6-15-16(8-12)29-19(26)25(15)9-17-22-18(30-23-17)10-1-2-10/h3-8,10,24H,1-2,9H2. The molecule has 2 aromatic heterocycles. The molecule has 1 N–H and O–H groups in total. The van der Waals surface area contributed by atoms with Crippen molar-refractivity contribution in [3.63, 3.8) is 0 Å². The van der Waals surface area contributed by atoms with Crippen LogP contribution in [0.1, 0.15) is 30.5 Å². The Bertz CT molecular complexity index is 1470. The molecule has 1 fully saturated rings. The van der Waals surface area contributed by atoms with Crippen LogP contribution >= 0.6 is 11.6 Å². The maximum atomic E-state index is 13.3. The Morgan fingerprint density at radius 2 is 2.03 bits per heavy atom. The molecule has 9 nitrogen and oxygen atoms in total. The predicted octanol–water partition coefficient (Wildman–Crippen LogP) is 3.50. The van der Waals surface area contributed by atoms with Gasteiger partial charge in [0.25, 0.3) is 10.0 Å². The molecule has 5 rings (SSSR count). The molecule has 31 heavy (non-hydrogen) atoms. The molecular formula is C19H14ClFN4O5S. The zero-order valence-electron chi connectivity index (χ0n) is 15.7. The number of hydrogen-bond acceptors (Lipinski definition) is 7. The summed E-state index contributed by atoms with van der Waals surface area (Å²) in [5, 5.41) is 3.67. The number of nitrogens with one attached hydrogen (secondary N) is 1. The summed E-state index contributed by atoms with van der Waals surface area (Å²) in [6, 6.07) is 7.46. The molecular weight excluding hydrogens is 451 g/mol. The van der Waals surface area contributed by atoms with Crippen molar-refractivity contribution in [3.05, 3.63) is 69.5 Å². The van der Waals surface area contributed by atoms with Crippen molar-refractivity contribution in [2.24, 2.45) is 0 Å². The van der Waals surface area contributed by atoms with Gasteiger partial charge < -0.3 is 8.94 Å². The number of hydrogen-bond donors (Lipinski definition) is 1. The van der Waals surface area contributed by atoms with Gasteiger partial charge in [-0.05, 0) is 43.2 Å². The first-order chi connectivity index (χ1) is 14.8. The lowest BCUT2D eigenvalue weighted by atomic mass is 10.3. The van der Waals surface area contributed by atoms with E-state index in [2.05, 4.69) is 14.9 Å². The normalized spacial score (nSPS) is 14.3. The molecule has 0 bridgehead atoms. The third-order valence-electron chi connectivity index (χ3n) is 4.83. The third kappa shape index (κ3) is 3.81. The molecule has 0 atom stereocenters. The molecule has 0 radical (unpaired) electrons. The van der Waals surface area contributed by atoms with Crippen LogP contribution in [0.2, 0.25) is 5.02 Å². The first-order valence-electron chi connectivity index (χ1n) is 9.24. The number of fused-ring (bicyclic) bond motifs is 1. The van der Waals surface area contributed by atoms with Gasteiger partial charge in [-0.15, -0.1) is 0 Å². The van der Waals surface area contributed by atoms with E-state index in [9.17, 15) is 17.6 Å². The second-order valence-electron chi connectivity index (χ2n) is 7.14. The summed E-state index contributed by atoms with van der Waals surface area (Å²) in [7, 11) is -4.04. The summed E-state index contributed by atoms with van der Waals surface area (Å²) in [6.07, 6.45) is 2.01. The number of benzene rings is 2. The number of aromatic nitrogens is 3. The summed E-state index contributed by atoms with van der Waals surface area (Å²) in [4.78, 5) is 16.5. The summed E-state index contributed by atoms with van der Waals surface area (Å²) in [6.45, 7) is 0.0283. The van der Waals surface area contributed by atoms with Gasteiger partial charge in [0.15, 0.2) is 11.4 Å². The van der Waals surface area contributed by atoms with Gasteiger partial charge >= 0.3 is 5.76 Å². The monoisotopic (exact) mass is 464 g/mol. The summed E-state index contributed by atoms with van der Waals surface area (Å²) < 4.78 is 52.7. The van der Waals surface area contributed by atoms with Crippen LogP contribution < -0.4 is 10.5 Å². The van der Waals surface area contributed by atoms with Gasteiger partial charge in [-0.1, -0.05) is 16.8 Å². The van der Waals surface area contributed by atoms with E-state index in [1.165, 1.54) is 28.8 Å². The summed E-state index contributed by atoms with van der Waals surface area (Å²) in [5.74, 6) is -0.176. The van der Waals surface area contributed by atoms with E-state index in [4.69, 9.17) is 20.5 Å². The number of halogens is 2. The smallest absolute Gasteiger partial charge is 0.408 e. The molecule has 1 aliphatic carbocycles. The molecule has 0 saturated heterocycles. The minimum atomic E-state index is -4.04. The Labute approximate surface area is 179 Å². The van der Waals surface area contributed by atoms with E-state index < -0.39 is 21.6 Å². The van der Waals surface area contributed by atoms with E-state index in [0.717, 1.165) is 25.0 Å². The average Bonchev–Trinajstić information content (AvgIpc) is 3.39. The Hall–Kier alpha value is -3.18. The van der Waals surface area contributed by atoms with Crippen LogP contribution in [-0.2, 0) is 16.6 Å². The zero-order valence-corrected chi connectivity index (χ0v) is 17.3. The summed E-state index contributed by atoms with van der Waals surface area (Å²) >= 11 is 5.70. The van der Waals surface area contributed by atoms with Crippen LogP contribution in [-0.4, -0.2) is 23.1 Å². The van der Waals surface area contributed by atoms with Crippen molar-refractivity contribution in [1.82, 2.24) is 14.7 Å². The SMILES string of the molecule is O=c1oc2cc(S(=O)(=O)Nc3ccc(F)c(Cl)c3)ccc2n1Cc1noc(C2CC2)n1. The third-order valence-corrected chi connectivity index (χ3v) is 6.50. The van der Waals surface area contributed by atoms with Crippen LogP contribution in [0.25, 0.3) is 11.1 Å². The highest BCUT2D eigenvalue weighted by Gasteiger charge is 2.30. The Morgan fingerprint density at radius 1 is 1.23 bits per heavy atom. The van der Waals surface area contributed by atoms with Crippen LogP contribution in [0.4, 0.5) is 10.1 Å². The maximum absolute atomic E-state index is 13.3. The number of sulfonamides is 1. The predicted molar refractivity (Wildman–Crippen MR) is 108 cm³/mol. The lowest BCUT2D eigenvalue weighted by Gasteiger charge is -2.08. The van der Waals surface area contributed by atoms with E-state index in [0.29, 0.717) is 17.2 Å². The fourth-order valence-corrected chi connectivity index (χ4v) is 4.35. The topological polar surface area (TPSA) is 120 Å². The molecule has 2 heterocycles.